The minimum absolute atomic E-state index is 0.868. The highest BCUT2D eigenvalue weighted by Crippen LogP contribution is 2.17. The summed E-state index contributed by atoms with van der Waals surface area (Å²) in [5.74, 6) is 0.934. The molecule has 0 aliphatic carbocycles. The van der Waals surface area contributed by atoms with Crippen LogP contribution in [0.25, 0.3) is 0 Å². The van der Waals surface area contributed by atoms with Gasteiger partial charge in [-0.1, -0.05) is 6.92 Å². The molecule has 2 aromatic rings. The molecule has 4 heteroatoms. The second-order valence-electron chi connectivity index (χ2n) is 4.29. The number of anilines is 2. The van der Waals surface area contributed by atoms with Crippen LogP contribution in [0.5, 0.6) is 0 Å². The summed E-state index contributed by atoms with van der Waals surface area (Å²) >= 11 is 1.75. The van der Waals surface area contributed by atoms with Gasteiger partial charge >= 0.3 is 0 Å². The van der Waals surface area contributed by atoms with Crippen molar-refractivity contribution >= 4 is 22.8 Å². The Hall–Kier alpha value is -1.55. The second kappa shape index (κ2) is 6.40. The van der Waals surface area contributed by atoms with Crippen molar-refractivity contribution in [1.29, 1.82) is 0 Å². The number of rotatable bonds is 6. The average Bonchev–Trinajstić information content (AvgIpc) is 2.80. The van der Waals surface area contributed by atoms with E-state index in [1.165, 1.54) is 11.1 Å². The van der Waals surface area contributed by atoms with Gasteiger partial charge in [0.25, 0.3) is 0 Å². The van der Waals surface area contributed by atoms with Gasteiger partial charge in [0, 0.05) is 31.0 Å². The van der Waals surface area contributed by atoms with Crippen LogP contribution in [0.4, 0.5) is 11.5 Å². The molecule has 0 saturated heterocycles. The summed E-state index contributed by atoms with van der Waals surface area (Å²) in [6.07, 6.45) is 2.94. The molecule has 0 aliphatic heterocycles. The van der Waals surface area contributed by atoms with Crippen molar-refractivity contribution in [2.75, 3.05) is 17.2 Å². The lowest BCUT2D eigenvalue weighted by molar-refractivity contribution is 0.969. The Bertz CT molecular complexity index is 493. The Morgan fingerprint density at radius 3 is 2.89 bits per heavy atom. The molecule has 96 valence electrons. The standard InChI is InChI=1S/C14H19N3S/c1-3-5-15-14-7-13(4-6-16-14)17-8-12-10-18-9-11(12)2/h4,6-7,9-10H,3,5,8H2,1-2H3,(H2,15,16,17). The van der Waals surface area contributed by atoms with E-state index in [4.69, 9.17) is 0 Å². The normalized spacial score (nSPS) is 10.3. The third kappa shape index (κ3) is 3.47. The quantitative estimate of drug-likeness (QED) is 0.828. The predicted molar refractivity (Wildman–Crippen MR) is 79.4 cm³/mol. The number of hydrogen-bond donors (Lipinski definition) is 2. The molecule has 0 atom stereocenters. The van der Waals surface area contributed by atoms with Crippen LogP contribution in [0.2, 0.25) is 0 Å². The van der Waals surface area contributed by atoms with E-state index in [1.54, 1.807) is 11.3 Å². The van der Waals surface area contributed by atoms with E-state index in [2.05, 4.69) is 46.3 Å². The van der Waals surface area contributed by atoms with Crippen molar-refractivity contribution in [3.05, 3.63) is 40.2 Å². The molecule has 3 nitrogen and oxygen atoms in total. The summed E-state index contributed by atoms with van der Waals surface area (Å²) in [4.78, 5) is 4.29. The lowest BCUT2D eigenvalue weighted by atomic mass is 10.2. The predicted octanol–water partition coefficient (Wildman–Crippen LogP) is 3.89. The number of pyridine rings is 1. The highest BCUT2D eigenvalue weighted by molar-refractivity contribution is 7.08. The van der Waals surface area contributed by atoms with Crippen LogP contribution in [-0.4, -0.2) is 11.5 Å². The van der Waals surface area contributed by atoms with Crippen molar-refractivity contribution < 1.29 is 0 Å². The Morgan fingerprint density at radius 2 is 2.17 bits per heavy atom. The lowest BCUT2D eigenvalue weighted by Gasteiger charge is -2.08. The van der Waals surface area contributed by atoms with E-state index < -0.39 is 0 Å². The van der Waals surface area contributed by atoms with Gasteiger partial charge in [-0.3, -0.25) is 0 Å². The summed E-state index contributed by atoms with van der Waals surface area (Å²) in [5.41, 5.74) is 3.82. The summed E-state index contributed by atoms with van der Waals surface area (Å²) in [5, 5.41) is 11.1. The van der Waals surface area contributed by atoms with Gasteiger partial charge in [-0.25, -0.2) is 4.98 Å². The van der Waals surface area contributed by atoms with Crippen molar-refractivity contribution in [1.82, 2.24) is 4.98 Å². The number of aryl methyl sites for hydroxylation is 1. The first kappa shape index (κ1) is 12.9. The third-order valence-corrected chi connectivity index (χ3v) is 3.67. The average molecular weight is 261 g/mol. The molecule has 0 aliphatic rings. The number of hydrogen-bond acceptors (Lipinski definition) is 4. The van der Waals surface area contributed by atoms with Crippen LogP contribution < -0.4 is 10.6 Å². The SMILES string of the molecule is CCCNc1cc(NCc2cscc2C)ccn1. The molecule has 0 unspecified atom stereocenters. The smallest absolute Gasteiger partial charge is 0.127 e. The van der Waals surface area contributed by atoms with Crippen LogP contribution in [0.15, 0.2) is 29.1 Å². The fourth-order valence-corrected chi connectivity index (χ4v) is 2.51. The van der Waals surface area contributed by atoms with Gasteiger partial charge in [-0.15, -0.1) is 0 Å². The molecular formula is C14H19N3S. The maximum Gasteiger partial charge on any atom is 0.127 e. The highest BCUT2D eigenvalue weighted by atomic mass is 32.1. The van der Waals surface area contributed by atoms with Gasteiger partial charge in [-0.2, -0.15) is 11.3 Å². The minimum Gasteiger partial charge on any atom is -0.381 e. The molecule has 2 aromatic heterocycles. The van der Waals surface area contributed by atoms with Crippen LogP contribution >= 0.6 is 11.3 Å². The van der Waals surface area contributed by atoms with Gasteiger partial charge in [0.2, 0.25) is 0 Å². The molecule has 0 radical (unpaired) electrons. The van der Waals surface area contributed by atoms with Crippen LogP contribution in [0, 0.1) is 6.92 Å². The lowest BCUT2D eigenvalue weighted by Crippen LogP contribution is -2.04. The fraction of sp³-hybridized carbons (Fsp3) is 0.357. The highest BCUT2D eigenvalue weighted by Gasteiger charge is 2.00. The molecule has 0 saturated carbocycles. The zero-order valence-electron chi connectivity index (χ0n) is 10.9. The van der Waals surface area contributed by atoms with E-state index in [0.29, 0.717) is 0 Å². The molecule has 0 fully saturated rings. The summed E-state index contributed by atoms with van der Waals surface area (Å²) in [6, 6.07) is 4.05. The van der Waals surface area contributed by atoms with E-state index in [1.807, 2.05) is 12.3 Å². The van der Waals surface area contributed by atoms with Crippen molar-refractivity contribution in [3.63, 3.8) is 0 Å². The topological polar surface area (TPSA) is 37.0 Å². The Kier molecular flexibility index (Phi) is 4.59. The minimum atomic E-state index is 0.868. The van der Waals surface area contributed by atoms with Crippen molar-refractivity contribution in [2.45, 2.75) is 26.8 Å². The monoisotopic (exact) mass is 261 g/mol. The number of aromatic nitrogens is 1. The Labute approximate surface area is 112 Å². The van der Waals surface area contributed by atoms with Crippen molar-refractivity contribution in [2.24, 2.45) is 0 Å². The second-order valence-corrected chi connectivity index (χ2v) is 5.03. The first-order valence-electron chi connectivity index (χ1n) is 6.25. The van der Waals surface area contributed by atoms with Crippen LogP contribution in [-0.2, 0) is 6.54 Å². The Morgan fingerprint density at radius 1 is 1.28 bits per heavy atom. The van der Waals surface area contributed by atoms with Crippen LogP contribution in [0.3, 0.4) is 0 Å². The summed E-state index contributed by atoms with van der Waals surface area (Å²) in [7, 11) is 0. The van der Waals surface area contributed by atoms with E-state index in [0.717, 1.165) is 31.0 Å². The molecule has 0 amide bonds. The fourth-order valence-electron chi connectivity index (χ4n) is 1.66. The molecule has 0 bridgehead atoms. The van der Waals surface area contributed by atoms with Gasteiger partial charge in [0.15, 0.2) is 0 Å². The zero-order valence-corrected chi connectivity index (χ0v) is 11.7. The molecule has 2 N–H and O–H groups in total. The maximum absolute atomic E-state index is 4.29. The van der Waals surface area contributed by atoms with Crippen LogP contribution in [0.1, 0.15) is 24.5 Å². The summed E-state index contributed by atoms with van der Waals surface area (Å²) < 4.78 is 0. The number of thiophene rings is 1. The zero-order chi connectivity index (χ0) is 12.8. The molecule has 18 heavy (non-hydrogen) atoms. The third-order valence-electron chi connectivity index (χ3n) is 2.76. The van der Waals surface area contributed by atoms with E-state index in [-0.39, 0.29) is 0 Å². The molecule has 0 spiro atoms. The number of nitrogens with one attached hydrogen (secondary N) is 2. The largest absolute Gasteiger partial charge is 0.381 e. The number of nitrogens with zero attached hydrogens (tertiary/aromatic N) is 1. The summed E-state index contributed by atoms with van der Waals surface area (Å²) in [6.45, 7) is 6.12. The van der Waals surface area contributed by atoms with E-state index >= 15 is 0 Å². The molecule has 2 rings (SSSR count). The van der Waals surface area contributed by atoms with Gasteiger partial charge < -0.3 is 10.6 Å². The Balaban J connectivity index is 1.95. The van der Waals surface area contributed by atoms with E-state index in [9.17, 15) is 0 Å². The first-order chi connectivity index (χ1) is 8.79. The van der Waals surface area contributed by atoms with Gasteiger partial charge in [0.1, 0.15) is 5.82 Å². The molecular weight excluding hydrogens is 242 g/mol. The molecule has 0 aromatic carbocycles. The first-order valence-corrected chi connectivity index (χ1v) is 7.19. The van der Waals surface area contributed by atoms with Gasteiger partial charge in [0.05, 0.1) is 0 Å². The maximum atomic E-state index is 4.29. The van der Waals surface area contributed by atoms with Gasteiger partial charge in [-0.05, 0) is 41.3 Å². The van der Waals surface area contributed by atoms with Crippen molar-refractivity contribution in [3.8, 4) is 0 Å². The molecule has 2 heterocycles.